The first kappa shape index (κ1) is 12.0. The summed E-state index contributed by atoms with van der Waals surface area (Å²) in [4.78, 5) is 2.57. The van der Waals surface area contributed by atoms with Crippen LogP contribution in [0.15, 0.2) is 0 Å². The quantitative estimate of drug-likeness (QED) is 0.650. The summed E-state index contributed by atoms with van der Waals surface area (Å²) >= 11 is 0. The van der Waals surface area contributed by atoms with E-state index < -0.39 is 0 Å². The van der Waals surface area contributed by atoms with Gasteiger partial charge in [0.1, 0.15) is 0 Å². The number of unbranched alkanes of at least 4 members (excludes halogenated alkanes) is 1. The van der Waals surface area contributed by atoms with Gasteiger partial charge in [-0.05, 0) is 33.2 Å². The first-order chi connectivity index (χ1) is 6.84. The number of piperazine rings is 1. The molecule has 3 heteroatoms. The summed E-state index contributed by atoms with van der Waals surface area (Å²) in [6, 6.07) is 0.704. The summed E-state index contributed by atoms with van der Waals surface area (Å²) in [5.41, 5.74) is 0. The van der Waals surface area contributed by atoms with Gasteiger partial charge in [0.15, 0.2) is 0 Å². The zero-order chi connectivity index (χ0) is 10.2. The van der Waals surface area contributed by atoms with E-state index in [1.807, 2.05) is 0 Å². The van der Waals surface area contributed by atoms with Gasteiger partial charge in [0.2, 0.25) is 0 Å². The van der Waals surface area contributed by atoms with Gasteiger partial charge in [-0.2, -0.15) is 0 Å². The van der Waals surface area contributed by atoms with E-state index >= 15 is 0 Å². The molecule has 0 amide bonds. The third-order valence-electron chi connectivity index (χ3n) is 2.83. The van der Waals surface area contributed by atoms with Crippen LogP contribution in [0, 0.1) is 0 Å². The average molecular weight is 200 g/mol. The number of ether oxygens (including phenoxy) is 1. The highest BCUT2D eigenvalue weighted by atomic mass is 16.5. The topological polar surface area (TPSA) is 24.5 Å². The Balaban J connectivity index is 1.99. The maximum atomic E-state index is 5.32. The largest absolute Gasteiger partial charge is 0.382 e. The highest BCUT2D eigenvalue weighted by Gasteiger charge is 2.16. The van der Waals surface area contributed by atoms with E-state index in [9.17, 15) is 0 Å². The molecule has 1 heterocycles. The molecule has 0 aromatic heterocycles. The van der Waals surface area contributed by atoms with Crippen molar-refractivity contribution in [2.24, 2.45) is 0 Å². The van der Waals surface area contributed by atoms with Crippen molar-refractivity contribution in [3.63, 3.8) is 0 Å². The normalized spacial score (nSPS) is 24.0. The second-order valence-corrected chi connectivity index (χ2v) is 3.99. The van der Waals surface area contributed by atoms with Gasteiger partial charge in [0.25, 0.3) is 0 Å². The number of nitrogens with zero attached hydrogens (tertiary/aromatic N) is 1. The summed E-state index contributed by atoms with van der Waals surface area (Å²) in [5, 5.41) is 3.41. The van der Waals surface area contributed by atoms with Crippen molar-refractivity contribution in [1.82, 2.24) is 10.2 Å². The van der Waals surface area contributed by atoms with Crippen LogP contribution in [0.2, 0.25) is 0 Å². The molecule has 14 heavy (non-hydrogen) atoms. The molecule has 1 N–H and O–H groups in total. The number of hydrogen-bond acceptors (Lipinski definition) is 3. The van der Waals surface area contributed by atoms with E-state index in [2.05, 4.69) is 24.1 Å². The molecule has 1 aliphatic heterocycles. The Kier molecular flexibility index (Phi) is 6.15. The third kappa shape index (κ3) is 4.40. The molecule has 3 nitrogen and oxygen atoms in total. The van der Waals surface area contributed by atoms with Crippen molar-refractivity contribution in [2.75, 3.05) is 39.4 Å². The first-order valence-corrected chi connectivity index (χ1v) is 5.87. The Bertz CT molecular complexity index is 141. The van der Waals surface area contributed by atoms with Gasteiger partial charge in [0, 0.05) is 38.9 Å². The van der Waals surface area contributed by atoms with Crippen LogP contribution in [0.25, 0.3) is 0 Å². The fourth-order valence-corrected chi connectivity index (χ4v) is 1.88. The maximum Gasteiger partial charge on any atom is 0.0466 e. The van der Waals surface area contributed by atoms with Crippen LogP contribution in [0.5, 0.6) is 0 Å². The Labute approximate surface area is 87.8 Å². The lowest BCUT2D eigenvalue weighted by Crippen LogP contribution is -2.49. The molecule has 0 aliphatic carbocycles. The van der Waals surface area contributed by atoms with Crippen LogP contribution in [0.4, 0.5) is 0 Å². The van der Waals surface area contributed by atoms with Crippen LogP contribution in [0.1, 0.15) is 26.7 Å². The lowest BCUT2D eigenvalue weighted by atomic mass is 10.2. The Hall–Kier alpha value is -0.120. The summed E-state index contributed by atoms with van der Waals surface area (Å²) in [6.45, 7) is 10.9. The Morgan fingerprint density at radius 2 is 2.29 bits per heavy atom. The summed E-state index contributed by atoms with van der Waals surface area (Å²) in [5.74, 6) is 0. The maximum absolute atomic E-state index is 5.32. The van der Waals surface area contributed by atoms with Crippen LogP contribution in [-0.4, -0.2) is 50.3 Å². The molecular formula is C11H24N2O. The molecule has 1 aliphatic rings. The minimum Gasteiger partial charge on any atom is -0.382 e. The molecule has 1 fully saturated rings. The molecule has 1 atom stereocenters. The predicted molar refractivity (Wildman–Crippen MR) is 59.6 cm³/mol. The van der Waals surface area contributed by atoms with E-state index in [4.69, 9.17) is 4.74 Å². The molecule has 0 spiro atoms. The molecule has 1 unspecified atom stereocenters. The second-order valence-electron chi connectivity index (χ2n) is 3.99. The smallest absolute Gasteiger partial charge is 0.0466 e. The zero-order valence-corrected chi connectivity index (χ0v) is 9.59. The average Bonchev–Trinajstić information content (AvgIpc) is 2.20. The zero-order valence-electron chi connectivity index (χ0n) is 9.59. The molecule has 1 rings (SSSR count). The Morgan fingerprint density at radius 3 is 3.00 bits per heavy atom. The summed E-state index contributed by atoms with van der Waals surface area (Å²) in [6.07, 6.45) is 2.47. The van der Waals surface area contributed by atoms with Crippen LogP contribution in [0.3, 0.4) is 0 Å². The van der Waals surface area contributed by atoms with E-state index in [1.54, 1.807) is 0 Å². The van der Waals surface area contributed by atoms with Gasteiger partial charge in [-0.1, -0.05) is 0 Å². The van der Waals surface area contributed by atoms with Gasteiger partial charge in [-0.15, -0.1) is 0 Å². The molecule has 1 saturated heterocycles. The van der Waals surface area contributed by atoms with Crippen LogP contribution >= 0.6 is 0 Å². The van der Waals surface area contributed by atoms with Crippen molar-refractivity contribution in [2.45, 2.75) is 32.7 Å². The molecular weight excluding hydrogens is 176 g/mol. The predicted octanol–water partition coefficient (Wildman–Crippen LogP) is 1.10. The van der Waals surface area contributed by atoms with E-state index in [-0.39, 0.29) is 0 Å². The van der Waals surface area contributed by atoms with Crippen LogP contribution in [-0.2, 0) is 4.74 Å². The number of hydrogen-bond donors (Lipinski definition) is 1. The van der Waals surface area contributed by atoms with Gasteiger partial charge in [-0.3, -0.25) is 4.90 Å². The van der Waals surface area contributed by atoms with E-state index in [0.29, 0.717) is 6.04 Å². The first-order valence-electron chi connectivity index (χ1n) is 5.87. The molecule has 0 bridgehead atoms. The monoisotopic (exact) mass is 200 g/mol. The molecule has 0 radical (unpaired) electrons. The van der Waals surface area contributed by atoms with Gasteiger partial charge < -0.3 is 10.1 Å². The number of nitrogens with one attached hydrogen (secondary N) is 1. The minimum atomic E-state index is 0.704. The highest BCUT2D eigenvalue weighted by molar-refractivity contribution is 4.75. The molecule has 0 aromatic rings. The molecule has 0 aromatic carbocycles. The van der Waals surface area contributed by atoms with Crippen molar-refractivity contribution >= 4 is 0 Å². The van der Waals surface area contributed by atoms with Crippen LogP contribution < -0.4 is 5.32 Å². The van der Waals surface area contributed by atoms with E-state index in [1.165, 1.54) is 25.9 Å². The van der Waals surface area contributed by atoms with E-state index in [0.717, 1.165) is 26.3 Å². The van der Waals surface area contributed by atoms with Crippen molar-refractivity contribution in [3.05, 3.63) is 0 Å². The van der Waals surface area contributed by atoms with Crippen molar-refractivity contribution in [1.29, 1.82) is 0 Å². The summed E-state index contributed by atoms with van der Waals surface area (Å²) < 4.78 is 5.32. The summed E-state index contributed by atoms with van der Waals surface area (Å²) in [7, 11) is 0. The highest BCUT2D eigenvalue weighted by Crippen LogP contribution is 2.04. The second kappa shape index (κ2) is 7.21. The minimum absolute atomic E-state index is 0.704. The SMILES string of the molecule is CCOCCCCN1CCNCC1C. The Morgan fingerprint density at radius 1 is 1.43 bits per heavy atom. The molecule has 84 valence electrons. The fourth-order valence-electron chi connectivity index (χ4n) is 1.88. The third-order valence-corrected chi connectivity index (χ3v) is 2.83. The van der Waals surface area contributed by atoms with Gasteiger partial charge >= 0.3 is 0 Å². The lowest BCUT2D eigenvalue weighted by molar-refractivity contribution is 0.130. The van der Waals surface area contributed by atoms with Gasteiger partial charge in [0.05, 0.1) is 0 Å². The fraction of sp³-hybridized carbons (Fsp3) is 1.00. The molecule has 0 saturated carbocycles. The van der Waals surface area contributed by atoms with Crippen molar-refractivity contribution in [3.8, 4) is 0 Å². The van der Waals surface area contributed by atoms with Crippen molar-refractivity contribution < 1.29 is 4.74 Å². The number of rotatable bonds is 6. The lowest BCUT2D eigenvalue weighted by Gasteiger charge is -2.33. The van der Waals surface area contributed by atoms with Gasteiger partial charge in [-0.25, -0.2) is 0 Å². The standard InChI is InChI=1S/C11H24N2O/c1-3-14-9-5-4-7-13-8-6-12-10-11(13)2/h11-12H,3-10H2,1-2H3.